The fraction of sp³-hybridized carbons (Fsp3) is 0.865. The molecule has 0 heterocycles. The van der Waals surface area contributed by atoms with Crippen LogP contribution in [0.3, 0.4) is 0 Å². The van der Waals surface area contributed by atoms with E-state index in [-0.39, 0.29) is 63.8 Å². The highest BCUT2D eigenvalue weighted by atomic mass is 31.2. The van der Waals surface area contributed by atoms with Gasteiger partial charge in [-0.25, -0.2) is 9.65 Å². The van der Waals surface area contributed by atoms with Crippen LogP contribution in [0.25, 0.3) is 0 Å². The fourth-order valence-electron chi connectivity index (χ4n) is 7.22. The molecular formula is C52H101N4O8P. The lowest BCUT2D eigenvalue weighted by Crippen LogP contribution is -2.35. The van der Waals surface area contributed by atoms with Crippen LogP contribution in [-0.4, -0.2) is 76.1 Å². The van der Waals surface area contributed by atoms with Gasteiger partial charge in [-0.2, -0.15) is 0 Å². The van der Waals surface area contributed by atoms with Crippen molar-refractivity contribution < 1.29 is 37.5 Å². The van der Waals surface area contributed by atoms with Gasteiger partial charge >= 0.3 is 7.75 Å². The Morgan fingerprint density at radius 3 is 1.14 bits per heavy atom. The van der Waals surface area contributed by atoms with Gasteiger partial charge in [-0.15, -0.1) is 0 Å². The van der Waals surface area contributed by atoms with E-state index >= 15 is 0 Å². The minimum Gasteiger partial charge on any atom is -0.354 e. The van der Waals surface area contributed by atoms with Crippen molar-refractivity contribution in [2.45, 2.75) is 239 Å². The first-order chi connectivity index (χ1) is 31.6. The maximum absolute atomic E-state index is 13.7. The molecule has 0 saturated carbocycles. The number of carbonyl (C=O) groups excluding carboxylic acids is 3. The van der Waals surface area contributed by atoms with Gasteiger partial charge in [0.2, 0.25) is 17.7 Å². The largest absolute Gasteiger partial charge is 0.405 e. The van der Waals surface area contributed by atoms with Crippen molar-refractivity contribution in [1.82, 2.24) is 21.0 Å². The molecule has 0 aromatic carbocycles. The first kappa shape index (κ1) is 62.9. The fourth-order valence-corrected chi connectivity index (χ4v) is 8.50. The monoisotopic (exact) mass is 941 g/mol. The topological polar surface area (TPSA) is 153 Å². The third kappa shape index (κ3) is 46.8. The van der Waals surface area contributed by atoms with Gasteiger partial charge in [0.25, 0.3) is 0 Å². The van der Waals surface area contributed by atoms with Gasteiger partial charge in [0, 0.05) is 45.4 Å². The summed E-state index contributed by atoms with van der Waals surface area (Å²) in [5, 5.41) is 11.3. The lowest BCUT2D eigenvalue weighted by atomic mass is 10.1. The van der Waals surface area contributed by atoms with E-state index in [1.165, 1.54) is 128 Å². The molecule has 0 aliphatic rings. The van der Waals surface area contributed by atoms with Crippen molar-refractivity contribution in [3.05, 3.63) is 24.3 Å². The Morgan fingerprint density at radius 1 is 0.431 bits per heavy atom. The first-order valence-corrected chi connectivity index (χ1v) is 28.1. The van der Waals surface area contributed by atoms with Crippen LogP contribution >= 0.6 is 7.75 Å². The number of hydrogen-bond donors (Lipinski definition) is 4. The van der Waals surface area contributed by atoms with Crippen LogP contribution in [0.5, 0.6) is 0 Å². The Bertz CT molecular complexity index is 1150. The molecule has 13 heteroatoms. The highest BCUT2D eigenvalue weighted by molar-refractivity contribution is 7.51. The van der Waals surface area contributed by atoms with E-state index in [4.69, 9.17) is 18.5 Å². The zero-order valence-corrected chi connectivity index (χ0v) is 43.5. The van der Waals surface area contributed by atoms with Gasteiger partial charge in [0.15, 0.2) is 5.79 Å². The highest BCUT2D eigenvalue weighted by Gasteiger charge is 2.25. The highest BCUT2D eigenvalue weighted by Crippen LogP contribution is 2.43. The number of nitrogens with one attached hydrogen (secondary N) is 4. The standard InChI is InChI=1S/C52H101N4O8P/c1-6-9-11-13-15-17-19-21-23-25-27-29-31-33-35-37-39-50(58)54-42-47-63-65(60,56-44-46-62-52(4,5)61-45-41-53-49(57)8-3)64-48-43-55-51(59)40-38-36-34-32-30-28-26-24-22-20-18-16-14-12-10-7-2/h23-26H,6-22,27-48H2,1-5H3,(H,53,57)(H,54,58)(H,55,59)(H,56,60)/b25-23-,26-24-. The molecule has 0 atom stereocenters. The Morgan fingerprint density at radius 2 is 0.754 bits per heavy atom. The van der Waals surface area contributed by atoms with Crippen LogP contribution < -0.4 is 21.0 Å². The van der Waals surface area contributed by atoms with Crippen molar-refractivity contribution in [2.75, 3.05) is 52.6 Å². The van der Waals surface area contributed by atoms with Crippen LogP contribution in [0, 0.1) is 0 Å². The average Bonchev–Trinajstić information content (AvgIpc) is 3.29. The molecule has 12 nitrogen and oxygen atoms in total. The maximum atomic E-state index is 13.7. The van der Waals surface area contributed by atoms with E-state index in [0.29, 0.717) is 25.8 Å². The molecule has 0 aliphatic heterocycles. The number of ether oxygens (including phenoxy) is 2. The number of hydrogen-bond acceptors (Lipinski definition) is 8. The van der Waals surface area contributed by atoms with Gasteiger partial charge in [-0.1, -0.05) is 161 Å². The molecule has 0 bridgehead atoms. The van der Waals surface area contributed by atoms with Gasteiger partial charge < -0.3 is 25.4 Å². The summed E-state index contributed by atoms with van der Waals surface area (Å²) in [7, 11) is -3.80. The summed E-state index contributed by atoms with van der Waals surface area (Å²) < 4.78 is 36.7. The number of carbonyl (C=O) groups is 3. The van der Waals surface area contributed by atoms with Crippen LogP contribution in [0.2, 0.25) is 0 Å². The number of amides is 3. The van der Waals surface area contributed by atoms with Crippen LogP contribution in [0.1, 0.15) is 234 Å². The summed E-state index contributed by atoms with van der Waals surface area (Å²) in [6, 6.07) is 0. The zero-order valence-electron chi connectivity index (χ0n) is 42.6. The van der Waals surface area contributed by atoms with Crippen LogP contribution in [0.4, 0.5) is 0 Å². The summed E-state index contributed by atoms with van der Waals surface area (Å²) in [6.07, 6.45) is 44.9. The molecule has 4 N–H and O–H groups in total. The van der Waals surface area contributed by atoms with Gasteiger partial charge in [-0.05, 0) is 78.1 Å². The zero-order chi connectivity index (χ0) is 47.8. The molecule has 0 aromatic heterocycles. The van der Waals surface area contributed by atoms with Crippen molar-refractivity contribution in [1.29, 1.82) is 0 Å². The van der Waals surface area contributed by atoms with E-state index in [0.717, 1.165) is 51.4 Å². The number of rotatable bonds is 50. The molecule has 0 aromatic rings. The average molecular weight is 941 g/mol. The molecule has 0 fully saturated rings. The van der Waals surface area contributed by atoms with Crippen molar-refractivity contribution in [3.63, 3.8) is 0 Å². The van der Waals surface area contributed by atoms with E-state index in [9.17, 15) is 18.9 Å². The van der Waals surface area contributed by atoms with Gasteiger partial charge in [0.1, 0.15) is 0 Å². The molecule has 0 spiro atoms. The third-order valence-electron chi connectivity index (χ3n) is 11.3. The summed E-state index contributed by atoms with van der Waals surface area (Å²) in [5.74, 6) is -1.10. The second-order valence-electron chi connectivity index (χ2n) is 17.9. The summed E-state index contributed by atoms with van der Waals surface area (Å²) >= 11 is 0. The van der Waals surface area contributed by atoms with Crippen LogP contribution in [-0.2, 0) is 37.5 Å². The Hall–Kier alpha value is -2.08. The molecular weight excluding hydrogens is 840 g/mol. The van der Waals surface area contributed by atoms with Crippen LogP contribution in [0.15, 0.2) is 24.3 Å². The molecule has 65 heavy (non-hydrogen) atoms. The Balaban J connectivity index is 4.42. The molecule has 0 aliphatic carbocycles. The lowest BCUT2D eigenvalue weighted by Gasteiger charge is -2.26. The molecule has 0 radical (unpaired) electrons. The minimum absolute atomic E-state index is 0.0106. The van der Waals surface area contributed by atoms with E-state index in [2.05, 4.69) is 59.2 Å². The predicted octanol–water partition coefficient (Wildman–Crippen LogP) is 13.1. The van der Waals surface area contributed by atoms with Gasteiger partial charge in [0.05, 0.1) is 26.4 Å². The first-order valence-electron chi connectivity index (χ1n) is 26.6. The molecule has 0 saturated heterocycles. The number of allylic oxidation sites excluding steroid dienone is 4. The molecule has 3 amide bonds. The van der Waals surface area contributed by atoms with Crippen molar-refractivity contribution >= 4 is 25.5 Å². The lowest BCUT2D eigenvalue weighted by molar-refractivity contribution is -0.211. The second kappa shape index (κ2) is 47.0. The maximum Gasteiger partial charge on any atom is 0.405 e. The molecule has 0 unspecified atom stereocenters. The second-order valence-corrected chi connectivity index (χ2v) is 19.8. The number of unbranched alkanes of at least 4 members (excludes halogenated alkanes) is 24. The summed E-state index contributed by atoms with van der Waals surface area (Å²) in [5.41, 5.74) is 0. The van der Waals surface area contributed by atoms with Crippen molar-refractivity contribution in [3.8, 4) is 0 Å². The van der Waals surface area contributed by atoms with E-state index < -0.39 is 13.5 Å². The Kier molecular flexibility index (Phi) is 45.5. The molecule has 0 rings (SSSR count). The summed E-state index contributed by atoms with van der Waals surface area (Å²) in [6.45, 7) is 11.1. The van der Waals surface area contributed by atoms with E-state index in [1.54, 1.807) is 20.8 Å². The Labute approximate surface area is 399 Å². The third-order valence-corrected chi connectivity index (χ3v) is 12.9. The minimum atomic E-state index is -3.80. The quantitative estimate of drug-likeness (QED) is 0.0202. The van der Waals surface area contributed by atoms with Crippen molar-refractivity contribution in [2.24, 2.45) is 0 Å². The summed E-state index contributed by atoms with van der Waals surface area (Å²) in [4.78, 5) is 36.5. The normalized spacial score (nSPS) is 12.1. The van der Waals surface area contributed by atoms with E-state index in [1.807, 2.05) is 0 Å². The smallest absolute Gasteiger partial charge is 0.354 e. The van der Waals surface area contributed by atoms with Gasteiger partial charge in [-0.3, -0.25) is 23.4 Å². The SMILES string of the molecule is CCCCCCCCC/C=C\CCCCCCCC(=O)NCCOP(=O)(NCCOC(C)(C)OCCNC(=O)CC)OCCNC(=O)CCCCCCC/C=C\CCCCCCCCC. The molecule has 382 valence electrons. The predicted molar refractivity (Wildman–Crippen MR) is 271 cm³/mol.